The molecule has 0 radical (unpaired) electrons. The number of nitrogens with one attached hydrogen (secondary N) is 1. The van der Waals surface area contributed by atoms with E-state index in [9.17, 15) is 4.39 Å². The van der Waals surface area contributed by atoms with Gasteiger partial charge in [-0.05, 0) is 6.07 Å². The lowest BCUT2D eigenvalue weighted by Crippen LogP contribution is -2.12. The number of rotatable bonds is 6. The Balaban J connectivity index is 2.45. The van der Waals surface area contributed by atoms with Crippen LogP contribution in [0.25, 0.3) is 0 Å². The lowest BCUT2D eigenvalue weighted by atomic mass is 10.2. The third-order valence-corrected chi connectivity index (χ3v) is 2.18. The van der Waals surface area contributed by atoms with E-state index in [1.165, 1.54) is 12.1 Å². The number of aliphatic hydroxyl groups excluding tert-OH is 1. The largest absolute Gasteiger partial charge is 0.397 e. The molecule has 0 unspecified atom stereocenters. The highest BCUT2D eigenvalue weighted by molar-refractivity contribution is 6.31. The Kier molecular flexibility index (Phi) is 5.31. The molecule has 16 heavy (non-hydrogen) atoms. The molecule has 0 atom stereocenters. The van der Waals surface area contributed by atoms with E-state index in [1.54, 1.807) is 0 Å². The van der Waals surface area contributed by atoms with Crippen LogP contribution in [0, 0.1) is 5.82 Å². The van der Waals surface area contributed by atoms with Gasteiger partial charge in [-0.2, -0.15) is 0 Å². The van der Waals surface area contributed by atoms with Crippen molar-refractivity contribution in [2.45, 2.75) is 0 Å². The van der Waals surface area contributed by atoms with E-state index in [2.05, 4.69) is 5.32 Å². The molecular weight excluding hydrogens is 235 g/mol. The maximum atomic E-state index is 13.0. The minimum absolute atomic E-state index is 0.00941. The maximum Gasteiger partial charge on any atom is 0.143 e. The zero-order valence-corrected chi connectivity index (χ0v) is 9.43. The summed E-state index contributed by atoms with van der Waals surface area (Å²) in [5, 5.41) is 11.4. The molecule has 6 heteroatoms. The van der Waals surface area contributed by atoms with Crippen molar-refractivity contribution in [3.8, 4) is 0 Å². The predicted molar refractivity (Wildman–Crippen MR) is 62.2 cm³/mol. The van der Waals surface area contributed by atoms with E-state index in [-0.39, 0.29) is 11.6 Å². The molecule has 1 aromatic carbocycles. The van der Waals surface area contributed by atoms with Gasteiger partial charge in [-0.1, -0.05) is 11.6 Å². The van der Waals surface area contributed by atoms with Gasteiger partial charge in [0.25, 0.3) is 0 Å². The second kappa shape index (κ2) is 6.52. The van der Waals surface area contributed by atoms with Crippen LogP contribution in [0.1, 0.15) is 0 Å². The van der Waals surface area contributed by atoms with Crippen LogP contribution in [0.3, 0.4) is 0 Å². The third kappa shape index (κ3) is 3.84. The number of hydrogen-bond donors (Lipinski definition) is 3. The van der Waals surface area contributed by atoms with Crippen molar-refractivity contribution >= 4 is 23.0 Å². The van der Waals surface area contributed by atoms with Crippen molar-refractivity contribution in [3.05, 3.63) is 23.0 Å². The van der Waals surface area contributed by atoms with Gasteiger partial charge in [-0.15, -0.1) is 0 Å². The SMILES string of the molecule is Nc1cc(F)c(Cl)cc1NCCOCCO. The van der Waals surface area contributed by atoms with Crippen LogP contribution in [0.4, 0.5) is 15.8 Å². The Hall–Kier alpha value is -1.04. The summed E-state index contributed by atoms with van der Waals surface area (Å²) in [4.78, 5) is 0. The Morgan fingerprint density at radius 3 is 2.88 bits per heavy atom. The smallest absolute Gasteiger partial charge is 0.143 e. The van der Waals surface area contributed by atoms with Crippen LogP contribution < -0.4 is 11.1 Å². The fourth-order valence-electron chi connectivity index (χ4n) is 1.14. The molecule has 0 bridgehead atoms. The first kappa shape index (κ1) is 13.0. The normalized spacial score (nSPS) is 10.4. The van der Waals surface area contributed by atoms with Gasteiger partial charge >= 0.3 is 0 Å². The van der Waals surface area contributed by atoms with Crippen molar-refractivity contribution < 1.29 is 14.2 Å². The van der Waals surface area contributed by atoms with E-state index in [4.69, 9.17) is 27.2 Å². The van der Waals surface area contributed by atoms with Crippen LogP contribution in [0.15, 0.2) is 12.1 Å². The van der Waals surface area contributed by atoms with Gasteiger partial charge in [0.15, 0.2) is 0 Å². The average molecular weight is 249 g/mol. The zero-order valence-electron chi connectivity index (χ0n) is 8.67. The van der Waals surface area contributed by atoms with Gasteiger partial charge in [0, 0.05) is 12.6 Å². The summed E-state index contributed by atoms with van der Waals surface area (Å²) in [6.45, 7) is 1.22. The molecule has 1 rings (SSSR count). The van der Waals surface area contributed by atoms with E-state index < -0.39 is 5.82 Å². The fourth-order valence-corrected chi connectivity index (χ4v) is 1.30. The molecule has 1 aromatic rings. The van der Waals surface area contributed by atoms with E-state index in [1.807, 2.05) is 0 Å². The minimum Gasteiger partial charge on any atom is -0.397 e. The lowest BCUT2D eigenvalue weighted by molar-refractivity contribution is 0.0992. The zero-order chi connectivity index (χ0) is 12.0. The number of nitrogen functional groups attached to an aromatic ring is 1. The number of ether oxygens (including phenoxy) is 1. The van der Waals surface area contributed by atoms with Gasteiger partial charge in [0.2, 0.25) is 0 Å². The Morgan fingerprint density at radius 2 is 2.19 bits per heavy atom. The number of halogens is 2. The lowest BCUT2D eigenvalue weighted by Gasteiger charge is -2.10. The summed E-state index contributed by atoms with van der Waals surface area (Å²) in [5.74, 6) is -0.541. The molecular formula is C10H14ClFN2O2. The summed E-state index contributed by atoms with van der Waals surface area (Å²) >= 11 is 5.61. The van der Waals surface area contributed by atoms with Gasteiger partial charge in [0.1, 0.15) is 5.82 Å². The molecule has 4 N–H and O–H groups in total. The van der Waals surface area contributed by atoms with Crippen molar-refractivity contribution in [2.75, 3.05) is 37.4 Å². The van der Waals surface area contributed by atoms with E-state index >= 15 is 0 Å². The van der Waals surface area contributed by atoms with E-state index in [0.717, 1.165) is 0 Å². The van der Waals surface area contributed by atoms with Gasteiger partial charge in [0.05, 0.1) is 36.2 Å². The summed E-state index contributed by atoms with van der Waals surface area (Å²) in [6, 6.07) is 2.59. The molecule has 0 saturated carbocycles. The topological polar surface area (TPSA) is 67.5 Å². The first-order chi connectivity index (χ1) is 7.65. The summed E-state index contributed by atoms with van der Waals surface area (Å²) in [5.41, 5.74) is 6.45. The van der Waals surface area contributed by atoms with Crippen LogP contribution in [-0.4, -0.2) is 31.5 Å². The molecule has 0 spiro atoms. The monoisotopic (exact) mass is 248 g/mol. The number of hydrogen-bond acceptors (Lipinski definition) is 4. The van der Waals surface area contributed by atoms with Crippen LogP contribution >= 0.6 is 11.6 Å². The molecule has 4 nitrogen and oxygen atoms in total. The van der Waals surface area contributed by atoms with Crippen LogP contribution in [-0.2, 0) is 4.74 Å². The minimum atomic E-state index is -0.541. The summed E-state index contributed by atoms with van der Waals surface area (Å²) in [7, 11) is 0. The average Bonchev–Trinajstić information content (AvgIpc) is 2.25. The van der Waals surface area contributed by atoms with Crippen molar-refractivity contribution in [3.63, 3.8) is 0 Å². The van der Waals surface area contributed by atoms with Crippen molar-refractivity contribution in [1.29, 1.82) is 0 Å². The number of nitrogens with two attached hydrogens (primary N) is 1. The van der Waals surface area contributed by atoms with Crippen molar-refractivity contribution in [2.24, 2.45) is 0 Å². The Bertz CT molecular complexity index is 350. The number of benzene rings is 1. The van der Waals surface area contributed by atoms with Crippen LogP contribution in [0.2, 0.25) is 5.02 Å². The summed E-state index contributed by atoms with van der Waals surface area (Å²) < 4.78 is 18.0. The quantitative estimate of drug-likeness (QED) is 0.527. The van der Waals surface area contributed by atoms with Gasteiger partial charge in [-0.3, -0.25) is 0 Å². The highest BCUT2D eigenvalue weighted by atomic mass is 35.5. The van der Waals surface area contributed by atoms with Crippen LogP contribution in [0.5, 0.6) is 0 Å². The molecule has 0 aromatic heterocycles. The van der Waals surface area contributed by atoms with E-state index in [0.29, 0.717) is 31.1 Å². The fraction of sp³-hybridized carbons (Fsp3) is 0.400. The highest BCUT2D eigenvalue weighted by Crippen LogP contribution is 2.25. The molecule has 0 heterocycles. The highest BCUT2D eigenvalue weighted by Gasteiger charge is 2.05. The Morgan fingerprint density at radius 1 is 1.44 bits per heavy atom. The number of anilines is 2. The Labute approximate surface area is 98.2 Å². The molecule has 0 aliphatic rings. The van der Waals surface area contributed by atoms with Gasteiger partial charge < -0.3 is 20.9 Å². The third-order valence-electron chi connectivity index (χ3n) is 1.89. The first-order valence-corrected chi connectivity index (χ1v) is 5.20. The van der Waals surface area contributed by atoms with Gasteiger partial charge in [-0.25, -0.2) is 4.39 Å². The second-order valence-electron chi connectivity index (χ2n) is 3.12. The number of aliphatic hydroxyl groups is 1. The first-order valence-electron chi connectivity index (χ1n) is 4.82. The van der Waals surface area contributed by atoms with Crippen molar-refractivity contribution in [1.82, 2.24) is 0 Å². The predicted octanol–water partition coefficient (Wildman–Crippen LogP) is 1.48. The second-order valence-corrected chi connectivity index (χ2v) is 3.52. The molecule has 0 fully saturated rings. The molecule has 0 aliphatic heterocycles. The summed E-state index contributed by atoms with van der Waals surface area (Å²) in [6.07, 6.45) is 0. The molecule has 0 saturated heterocycles. The molecule has 0 amide bonds. The maximum absolute atomic E-state index is 13.0. The molecule has 0 aliphatic carbocycles. The molecule has 90 valence electrons. The standard InChI is InChI=1S/C10H14ClFN2O2/c11-7-5-10(9(13)6-8(7)12)14-1-3-16-4-2-15/h5-6,14-15H,1-4,13H2.